The van der Waals surface area contributed by atoms with Gasteiger partial charge < -0.3 is 15.7 Å². The summed E-state index contributed by atoms with van der Waals surface area (Å²) in [4.78, 5) is 36.3. The van der Waals surface area contributed by atoms with Crippen LogP contribution < -0.4 is 10.6 Å². The highest BCUT2D eigenvalue weighted by Gasteiger charge is 2.51. The maximum absolute atomic E-state index is 12.6. The van der Waals surface area contributed by atoms with Crippen molar-refractivity contribution in [1.82, 2.24) is 5.32 Å². The smallest absolute Gasteiger partial charge is 0.307 e. The van der Waals surface area contributed by atoms with Gasteiger partial charge in [-0.05, 0) is 63.3 Å². The molecule has 2 aliphatic carbocycles. The molecule has 3 rings (SSSR count). The van der Waals surface area contributed by atoms with E-state index in [4.69, 9.17) is 0 Å². The second-order valence-corrected chi connectivity index (χ2v) is 8.11. The quantitative estimate of drug-likeness (QED) is 0.723. The number of fused-ring (bicyclic) bond motifs is 2. The highest BCUT2D eigenvalue weighted by molar-refractivity contribution is 5.98. The number of aliphatic carboxylic acids is 1. The molecule has 138 valence electrons. The first kappa shape index (κ1) is 18.2. The van der Waals surface area contributed by atoms with Gasteiger partial charge in [0, 0.05) is 16.8 Å². The Hall–Kier alpha value is -2.63. The molecule has 0 heterocycles. The molecule has 0 aromatic heterocycles. The maximum atomic E-state index is 12.6. The van der Waals surface area contributed by atoms with Gasteiger partial charge >= 0.3 is 5.97 Å². The Balaban J connectivity index is 1.68. The maximum Gasteiger partial charge on any atom is 0.307 e. The largest absolute Gasteiger partial charge is 0.481 e. The van der Waals surface area contributed by atoms with E-state index >= 15 is 0 Å². The SMILES string of the molecule is CC(C)(C)NC(=O)c1ccc(NC(=O)[C@@H]2[C@H](C(=O)O)[C@H]3C=C[C@H]2C3)cc1. The van der Waals surface area contributed by atoms with Crippen molar-refractivity contribution in [2.45, 2.75) is 32.7 Å². The van der Waals surface area contributed by atoms with Crippen molar-refractivity contribution in [2.24, 2.45) is 23.7 Å². The number of carbonyl (C=O) groups is 3. The van der Waals surface area contributed by atoms with Crippen LogP contribution in [0.15, 0.2) is 36.4 Å². The molecule has 0 unspecified atom stereocenters. The van der Waals surface area contributed by atoms with Gasteiger partial charge in [0.25, 0.3) is 5.91 Å². The van der Waals surface area contributed by atoms with Crippen LogP contribution in [0.3, 0.4) is 0 Å². The van der Waals surface area contributed by atoms with Crippen LogP contribution in [0.4, 0.5) is 5.69 Å². The zero-order valence-corrected chi connectivity index (χ0v) is 15.2. The molecule has 6 nitrogen and oxygen atoms in total. The second-order valence-electron chi connectivity index (χ2n) is 8.11. The van der Waals surface area contributed by atoms with Gasteiger partial charge in [0.05, 0.1) is 11.8 Å². The van der Waals surface area contributed by atoms with Gasteiger partial charge in [-0.2, -0.15) is 0 Å². The summed E-state index contributed by atoms with van der Waals surface area (Å²) in [6, 6.07) is 6.61. The van der Waals surface area contributed by atoms with Crippen LogP contribution in [-0.2, 0) is 9.59 Å². The molecule has 0 aliphatic heterocycles. The Bertz CT molecular complexity index is 761. The fourth-order valence-corrected chi connectivity index (χ4v) is 3.86. The highest BCUT2D eigenvalue weighted by atomic mass is 16.4. The number of anilines is 1. The van der Waals surface area contributed by atoms with Crippen LogP contribution >= 0.6 is 0 Å². The highest BCUT2D eigenvalue weighted by Crippen LogP contribution is 2.48. The topological polar surface area (TPSA) is 95.5 Å². The molecule has 2 amide bonds. The van der Waals surface area contributed by atoms with E-state index in [9.17, 15) is 19.5 Å². The predicted octanol–water partition coefficient (Wildman–Crippen LogP) is 2.68. The third-order valence-electron chi connectivity index (χ3n) is 4.95. The minimum absolute atomic E-state index is 0.0158. The number of hydrogen-bond acceptors (Lipinski definition) is 3. The molecular weight excluding hydrogens is 332 g/mol. The van der Waals surface area contributed by atoms with E-state index in [1.54, 1.807) is 24.3 Å². The zero-order chi connectivity index (χ0) is 19.1. The standard InChI is InChI=1S/C20H24N2O4/c1-20(2,3)22-17(23)11-6-8-14(9-7-11)21-18(24)15-12-4-5-13(10-12)16(15)19(25)26/h4-9,12-13,15-16H,10H2,1-3H3,(H,21,24)(H,22,23)(H,25,26)/t12-,13-,15-,16+/m0/s1. The monoisotopic (exact) mass is 356 g/mol. The number of carboxylic acids is 1. The molecule has 2 aliphatic rings. The van der Waals surface area contributed by atoms with Gasteiger partial charge in [0.2, 0.25) is 5.91 Å². The number of rotatable bonds is 4. The van der Waals surface area contributed by atoms with Crippen molar-refractivity contribution >= 4 is 23.5 Å². The van der Waals surface area contributed by atoms with Crippen molar-refractivity contribution in [2.75, 3.05) is 5.32 Å². The van der Waals surface area contributed by atoms with E-state index in [0.717, 1.165) is 6.42 Å². The fraction of sp³-hybridized carbons (Fsp3) is 0.450. The molecule has 3 N–H and O–H groups in total. The van der Waals surface area contributed by atoms with Gasteiger partial charge in [-0.15, -0.1) is 0 Å². The number of hydrogen-bond donors (Lipinski definition) is 3. The average molecular weight is 356 g/mol. The molecule has 1 aromatic carbocycles. The summed E-state index contributed by atoms with van der Waals surface area (Å²) in [5, 5.41) is 15.1. The summed E-state index contributed by atoms with van der Waals surface area (Å²) in [6.45, 7) is 5.71. The summed E-state index contributed by atoms with van der Waals surface area (Å²) in [5.41, 5.74) is 0.730. The van der Waals surface area contributed by atoms with Crippen molar-refractivity contribution in [3.05, 3.63) is 42.0 Å². The van der Waals surface area contributed by atoms with E-state index < -0.39 is 17.8 Å². The van der Waals surface area contributed by atoms with Crippen molar-refractivity contribution in [3.63, 3.8) is 0 Å². The van der Waals surface area contributed by atoms with Gasteiger partial charge in [0.15, 0.2) is 0 Å². The molecule has 1 saturated carbocycles. The van der Waals surface area contributed by atoms with Crippen molar-refractivity contribution in [3.8, 4) is 0 Å². The molecular formula is C20H24N2O4. The second kappa shape index (κ2) is 6.59. The van der Waals surface area contributed by atoms with E-state index in [0.29, 0.717) is 11.3 Å². The molecule has 0 spiro atoms. The number of nitrogens with one attached hydrogen (secondary N) is 2. The van der Waals surface area contributed by atoms with Crippen molar-refractivity contribution < 1.29 is 19.5 Å². The molecule has 1 aromatic rings. The van der Waals surface area contributed by atoms with Crippen LogP contribution in [0.5, 0.6) is 0 Å². The first-order valence-corrected chi connectivity index (χ1v) is 8.80. The lowest BCUT2D eigenvalue weighted by molar-refractivity contribution is -0.146. The number of carboxylic acid groups (broad SMARTS) is 1. The van der Waals surface area contributed by atoms with E-state index in [1.807, 2.05) is 32.9 Å². The van der Waals surface area contributed by atoms with E-state index in [1.165, 1.54) is 0 Å². The molecule has 1 fully saturated rings. The van der Waals surface area contributed by atoms with Crippen molar-refractivity contribution in [1.29, 1.82) is 0 Å². The summed E-state index contributed by atoms with van der Waals surface area (Å²) < 4.78 is 0. The van der Waals surface area contributed by atoms with E-state index in [-0.39, 0.29) is 29.2 Å². The predicted molar refractivity (Wildman–Crippen MR) is 97.6 cm³/mol. The fourth-order valence-electron chi connectivity index (χ4n) is 3.86. The lowest BCUT2D eigenvalue weighted by atomic mass is 9.82. The molecule has 26 heavy (non-hydrogen) atoms. The molecule has 2 bridgehead atoms. The Morgan fingerprint density at radius 3 is 2.12 bits per heavy atom. The Morgan fingerprint density at radius 2 is 1.58 bits per heavy atom. The molecule has 6 heteroatoms. The van der Waals surface area contributed by atoms with Gasteiger partial charge in [0.1, 0.15) is 0 Å². The molecule has 0 saturated heterocycles. The molecule has 0 radical (unpaired) electrons. The lowest BCUT2D eigenvalue weighted by Gasteiger charge is -2.24. The number of amides is 2. The third-order valence-corrected chi connectivity index (χ3v) is 4.95. The van der Waals surface area contributed by atoms with Crippen LogP contribution in [0.2, 0.25) is 0 Å². The Labute approximate surface area is 152 Å². The van der Waals surface area contributed by atoms with Gasteiger partial charge in [-0.1, -0.05) is 12.2 Å². The normalized spacial score (nSPS) is 26.6. The number of allylic oxidation sites excluding steroid dienone is 2. The van der Waals surface area contributed by atoms with Gasteiger partial charge in [-0.3, -0.25) is 14.4 Å². The minimum atomic E-state index is -0.920. The first-order valence-electron chi connectivity index (χ1n) is 8.80. The molecule has 4 atom stereocenters. The summed E-state index contributed by atoms with van der Waals surface area (Å²) >= 11 is 0. The zero-order valence-electron chi connectivity index (χ0n) is 15.2. The summed E-state index contributed by atoms with van der Waals surface area (Å²) in [7, 11) is 0. The van der Waals surface area contributed by atoms with Crippen LogP contribution in [0.1, 0.15) is 37.6 Å². The van der Waals surface area contributed by atoms with Crippen LogP contribution in [0, 0.1) is 23.7 Å². The van der Waals surface area contributed by atoms with Gasteiger partial charge in [-0.25, -0.2) is 0 Å². The van der Waals surface area contributed by atoms with Crippen LogP contribution in [0.25, 0.3) is 0 Å². The lowest BCUT2D eigenvalue weighted by Crippen LogP contribution is -2.40. The first-order chi connectivity index (χ1) is 12.2. The van der Waals surface area contributed by atoms with E-state index in [2.05, 4.69) is 10.6 Å². The minimum Gasteiger partial charge on any atom is -0.481 e. The number of carbonyl (C=O) groups excluding carboxylic acids is 2. The number of benzene rings is 1. The Morgan fingerprint density at radius 1 is 1.00 bits per heavy atom. The Kier molecular flexibility index (Phi) is 4.61. The van der Waals surface area contributed by atoms with Crippen LogP contribution in [-0.4, -0.2) is 28.4 Å². The average Bonchev–Trinajstić information content (AvgIpc) is 3.14. The summed E-state index contributed by atoms with van der Waals surface area (Å²) in [5.74, 6) is -2.67. The third kappa shape index (κ3) is 3.64. The summed E-state index contributed by atoms with van der Waals surface area (Å²) in [6.07, 6.45) is 4.59.